The number of hydrogen-bond acceptors (Lipinski definition) is 3. The Morgan fingerprint density at radius 1 is 1.05 bits per heavy atom. The summed E-state index contributed by atoms with van der Waals surface area (Å²) in [6.07, 6.45) is 0. The fourth-order valence-corrected chi connectivity index (χ4v) is 2.76. The average molecular weight is 316 g/mol. The van der Waals surface area contributed by atoms with E-state index in [9.17, 15) is 0 Å². The molecule has 1 heterocycles. The number of nitrogens with one attached hydrogen (secondary N) is 1. The fourth-order valence-electron chi connectivity index (χ4n) is 1.87. The molecule has 0 saturated heterocycles. The summed E-state index contributed by atoms with van der Waals surface area (Å²) >= 11 is 7.62. The number of thioether (sulfide) groups is 1. The van der Waals surface area contributed by atoms with Gasteiger partial charge in [-0.25, -0.2) is 4.98 Å². The van der Waals surface area contributed by atoms with Crippen LogP contribution in [0.1, 0.15) is 11.4 Å². The van der Waals surface area contributed by atoms with Gasteiger partial charge >= 0.3 is 0 Å². The van der Waals surface area contributed by atoms with Crippen LogP contribution in [0, 0.1) is 6.92 Å². The number of aryl methyl sites for hydroxylation is 1. The molecule has 0 radical (unpaired) electrons. The van der Waals surface area contributed by atoms with Crippen LogP contribution in [0.5, 0.6) is 0 Å². The summed E-state index contributed by atoms with van der Waals surface area (Å²) in [7, 11) is 0. The molecular formula is C16H14ClN3S. The molecule has 0 bridgehead atoms. The molecule has 1 N–H and O–H groups in total. The highest BCUT2D eigenvalue weighted by molar-refractivity contribution is 7.98. The predicted molar refractivity (Wildman–Crippen MR) is 87.6 cm³/mol. The maximum atomic E-state index is 5.88. The highest BCUT2D eigenvalue weighted by atomic mass is 35.5. The molecule has 0 aliphatic carbocycles. The highest BCUT2D eigenvalue weighted by Crippen LogP contribution is 2.23. The smallest absolute Gasteiger partial charge is 0.181 e. The Kier molecular flexibility index (Phi) is 4.27. The molecule has 2 aromatic carbocycles. The van der Waals surface area contributed by atoms with Crippen LogP contribution in [0.2, 0.25) is 5.02 Å². The van der Waals surface area contributed by atoms with Gasteiger partial charge in [0.05, 0.1) is 5.75 Å². The summed E-state index contributed by atoms with van der Waals surface area (Å²) in [5, 5.41) is 7.95. The third-order valence-corrected chi connectivity index (χ3v) is 4.31. The minimum atomic E-state index is 0.700. The van der Waals surface area contributed by atoms with E-state index < -0.39 is 0 Å². The number of benzene rings is 2. The summed E-state index contributed by atoms with van der Waals surface area (Å²) in [5.74, 6) is 2.33. The van der Waals surface area contributed by atoms with E-state index in [1.165, 1.54) is 10.5 Å². The minimum absolute atomic E-state index is 0.700. The SMILES string of the molecule is Cc1ccc(SCc2nc(-c3ccc(Cl)cc3)n[nH]2)cc1. The molecule has 3 nitrogen and oxygen atoms in total. The molecule has 0 spiro atoms. The molecule has 106 valence electrons. The number of aromatic amines is 1. The molecule has 0 atom stereocenters. The molecular weight excluding hydrogens is 302 g/mol. The molecule has 0 fully saturated rings. The molecule has 0 amide bonds. The molecule has 21 heavy (non-hydrogen) atoms. The van der Waals surface area contributed by atoms with Crippen molar-refractivity contribution in [3.05, 3.63) is 64.9 Å². The lowest BCUT2D eigenvalue weighted by atomic mass is 10.2. The van der Waals surface area contributed by atoms with Crippen LogP contribution in [0.15, 0.2) is 53.4 Å². The van der Waals surface area contributed by atoms with Crippen LogP contribution in [0.3, 0.4) is 0 Å². The van der Waals surface area contributed by atoms with Crippen molar-refractivity contribution < 1.29 is 0 Å². The molecule has 0 unspecified atom stereocenters. The normalized spacial score (nSPS) is 10.8. The molecule has 1 aromatic heterocycles. The van der Waals surface area contributed by atoms with Crippen molar-refractivity contribution in [1.29, 1.82) is 0 Å². The van der Waals surface area contributed by atoms with E-state index in [2.05, 4.69) is 46.4 Å². The van der Waals surface area contributed by atoms with E-state index in [1.807, 2.05) is 24.3 Å². The Morgan fingerprint density at radius 3 is 2.48 bits per heavy atom. The molecule has 3 rings (SSSR count). The molecule has 0 aliphatic heterocycles. The van der Waals surface area contributed by atoms with Gasteiger partial charge in [0.15, 0.2) is 5.82 Å². The van der Waals surface area contributed by atoms with Crippen molar-refractivity contribution in [2.75, 3.05) is 0 Å². The van der Waals surface area contributed by atoms with Gasteiger partial charge in [-0.2, -0.15) is 5.10 Å². The Hall–Kier alpha value is -1.78. The van der Waals surface area contributed by atoms with E-state index in [1.54, 1.807) is 11.8 Å². The zero-order chi connectivity index (χ0) is 14.7. The van der Waals surface area contributed by atoms with Crippen LogP contribution < -0.4 is 0 Å². The van der Waals surface area contributed by atoms with E-state index in [-0.39, 0.29) is 0 Å². The lowest BCUT2D eigenvalue weighted by Crippen LogP contribution is -1.84. The number of nitrogens with zero attached hydrogens (tertiary/aromatic N) is 2. The second kappa shape index (κ2) is 6.33. The van der Waals surface area contributed by atoms with Gasteiger partial charge in [-0.1, -0.05) is 29.3 Å². The van der Waals surface area contributed by atoms with Crippen molar-refractivity contribution in [3.8, 4) is 11.4 Å². The molecule has 3 aromatic rings. The van der Waals surface area contributed by atoms with E-state index in [4.69, 9.17) is 11.6 Å². The summed E-state index contributed by atoms with van der Waals surface area (Å²) in [4.78, 5) is 5.74. The summed E-state index contributed by atoms with van der Waals surface area (Å²) < 4.78 is 0. The molecule has 0 saturated carbocycles. The number of hydrogen-bond donors (Lipinski definition) is 1. The Balaban J connectivity index is 1.67. The van der Waals surface area contributed by atoms with Gasteiger partial charge in [-0.3, -0.25) is 5.10 Å². The zero-order valence-electron chi connectivity index (χ0n) is 11.5. The first-order chi connectivity index (χ1) is 10.2. The third-order valence-electron chi connectivity index (χ3n) is 3.03. The maximum Gasteiger partial charge on any atom is 0.181 e. The lowest BCUT2D eigenvalue weighted by molar-refractivity contribution is 1.03. The Bertz CT molecular complexity index is 720. The van der Waals surface area contributed by atoms with Crippen molar-refractivity contribution in [1.82, 2.24) is 15.2 Å². The minimum Gasteiger partial charge on any atom is -0.262 e. The van der Waals surface area contributed by atoms with Crippen molar-refractivity contribution >= 4 is 23.4 Å². The zero-order valence-corrected chi connectivity index (χ0v) is 13.1. The summed E-state index contributed by atoms with van der Waals surface area (Å²) in [6, 6.07) is 16.0. The fraction of sp³-hybridized carbons (Fsp3) is 0.125. The monoisotopic (exact) mass is 315 g/mol. The lowest BCUT2D eigenvalue weighted by Gasteiger charge is -1.99. The topological polar surface area (TPSA) is 41.6 Å². The maximum absolute atomic E-state index is 5.88. The average Bonchev–Trinajstić information content (AvgIpc) is 2.96. The third kappa shape index (κ3) is 3.65. The van der Waals surface area contributed by atoms with Gasteiger partial charge in [0.1, 0.15) is 5.82 Å². The van der Waals surface area contributed by atoms with Gasteiger partial charge < -0.3 is 0 Å². The van der Waals surface area contributed by atoms with Crippen LogP contribution in [-0.4, -0.2) is 15.2 Å². The quantitative estimate of drug-likeness (QED) is 0.708. The number of aromatic nitrogens is 3. The number of rotatable bonds is 4. The first-order valence-electron chi connectivity index (χ1n) is 6.57. The van der Waals surface area contributed by atoms with Crippen molar-refractivity contribution in [2.45, 2.75) is 17.6 Å². The first kappa shape index (κ1) is 14.2. The van der Waals surface area contributed by atoms with E-state index in [0.29, 0.717) is 10.8 Å². The van der Waals surface area contributed by atoms with Gasteiger partial charge in [-0.15, -0.1) is 11.8 Å². The van der Waals surface area contributed by atoms with Crippen LogP contribution in [-0.2, 0) is 5.75 Å². The van der Waals surface area contributed by atoms with E-state index >= 15 is 0 Å². The van der Waals surface area contributed by atoms with Gasteiger partial charge in [-0.05, 0) is 43.3 Å². The van der Waals surface area contributed by atoms with E-state index in [0.717, 1.165) is 17.1 Å². The predicted octanol–water partition coefficient (Wildman–Crippen LogP) is 4.73. The standard InChI is InChI=1S/C16H14ClN3S/c1-11-2-8-14(9-3-11)21-10-15-18-16(20-19-15)12-4-6-13(17)7-5-12/h2-9H,10H2,1H3,(H,18,19,20). The van der Waals surface area contributed by atoms with Gasteiger partial charge in [0.2, 0.25) is 0 Å². The first-order valence-corrected chi connectivity index (χ1v) is 7.94. The van der Waals surface area contributed by atoms with Crippen molar-refractivity contribution in [3.63, 3.8) is 0 Å². The summed E-state index contributed by atoms with van der Waals surface area (Å²) in [5.41, 5.74) is 2.23. The number of H-pyrrole nitrogens is 1. The highest BCUT2D eigenvalue weighted by Gasteiger charge is 2.06. The summed E-state index contributed by atoms with van der Waals surface area (Å²) in [6.45, 7) is 2.09. The van der Waals surface area contributed by atoms with Gasteiger partial charge in [0.25, 0.3) is 0 Å². The molecule has 0 aliphatic rings. The number of halogens is 1. The van der Waals surface area contributed by atoms with Gasteiger partial charge in [0, 0.05) is 15.5 Å². The van der Waals surface area contributed by atoms with Crippen molar-refractivity contribution in [2.24, 2.45) is 0 Å². The van der Waals surface area contributed by atoms with Crippen LogP contribution >= 0.6 is 23.4 Å². The second-order valence-corrected chi connectivity index (χ2v) is 6.20. The Labute approximate surface area is 132 Å². The van der Waals surface area contributed by atoms with Crippen LogP contribution in [0.4, 0.5) is 0 Å². The molecule has 5 heteroatoms. The largest absolute Gasteiger partial charge is 0.262 e. The van der Waals surface area contributed by atoms with Crippen LogP contribution in [0.25, 0.3) is 11.4 Å². The second-order valence-electron chi connectivity index (χ2n) is 4.71. The Morgan fingerprint density at radius 2 is 1.76 bits per heavy atom.